The van der Waals surface area contributed by atoms with E-state index in [2.05, 4.69) is 9.50 Å². The maximum atomic E-state index is 11.6. The van der Waals surface area contributed by atoms with Crippen molar-refractivity contribution in [3.05, 3.63) is 52.7 Å². The lowest BCUT2D eigenvalue weighted by Gasteiger charge is -2.25. The molecule has 1 aromatic heterocycles. The van der Waals surface area contributed by atoms with Gasteiger partial charge < -0.3 is 4.90 Å². The van der Waals surface area contributed by atoms with Crippen molar-refractivity contribution in [1.29, 1.82) is 0 Å². The number of aromatic nitrogens is 2. The van der Waals surface area contributed by atoms with Crippen LogP contribution in [0.15, 0.2) is 46.5 Å². The third-order valence-corrected chi connectivity index (χ3v) is 5.89. The molecule has 3 heterocycles. The summed E-state index contributed by atoms with van der Waals surface area (Å²) in [4.78, 5) is 1.94. The monoisotopic (exact) mass is 366 g/mol. The Balaban J connectivity index is 1.62. The van der Waals surface area contributed by atoms with Gasteiger partial charge in [-0.05, 0) is 17.7 Å². The fourth-order valence-corrected chi connectivity index (χ4v) is 4.74. The van der Waals surface area contributed by atoms with Gasteiger partial charge in [0.05, 0.1) is 28.4 Å². The summed E-state index contributed by atoms with van der Waals surface area (Å²) in [5, 5.41) is 7.20. The molecule has 9 heteroatoms. The van der Waals surface area contributed by atoms with Crippen molar-refractivity contribution < 1.29 is 8.42 Å². The van der Waals surface area contributed by atoms with Crippen LogP contribution in [0.2, 0.25) is 5.02 Å². The van der Waals surface area contributed by atoms with E-state index in [9.17, 15) is 8.42 Å². The second-order valence-corrected chi connectivity index (χ2v) is 8.11. The molecule has 4 rings (SSSR count). The van der Waals surface area contributed by atoms with Gasteiger partial charge in [-0.3, -0.25) is 0 Å². The number of thioether (sulfide) groups is 1. The number of rotatable bonds is 2. The largest absolute Gasteiger partial charge is 0.318 e. The number of fused-ring (bicyclic) bond motifs is 1. The molecule has 0 bridgehead atoms. The Morgan fingerprint density at radius 1 is 1.22 bits per heavy atom. The molecule has 6 nitrogen and oxygen atoms in total. The molecule has 118 valence electrons. The van der Waals surface area contributed by atoms with Crippen LogP contribution in [0, 0.1) is 0 Å². The second-order valence-electron chi connectivity index (χ2n) is 5.08. The van der Waals surface area contributed by atoms with E-state index in [0.717, 1.165) is 16.9 Å². The molecule has 0 saturated heterocycles. The second kappa shape index (κ2) is 5.40. The third kappa shape index (κ3) is 2.77. The Labute approximate surface area is 142 Å². The van der Waals surface area contributed by atoms with Crippen molar-refractivity contribution >= 4 is 44.3 Å². The smallest absolute Gasteiger partial charge is 0.257 e. The molecule has 2 aromatic rings. The number of amidine groups is 1. The van der Waals surface area contributed by atoms with E-state index in [1.54, 1.807) is 17.1 Å². The van der Waals surface area contributed by atoms with Gasteiger partial charge in [-0.2, -0.15) is 5.10 Å². The van der Waals surface area contributed by atoms with Gasteiger partial charge in [0.15, 0.2) is 5.17 Å². The molecule has 0 N–H and O–H groups in total. The first-order chi connectivity index (χ1) is 11.0. The van der Waals surface area contributed by atoms with Crippen LogP contribution in [0.25, 0.3) is 11.4 Å². The zero-order valence-electron chi connectivity index (χ0n) is 11.8. The lowest BCUT2D eigenvalue weighted by atomic mass is 10.1. The lowest BCUT2D eigenvalue weighted by Crippen LogP contribution is -2.34. The van der Waals surface area contributed by atoms with Crippen molar-refractivity contribution in [3.63, 3.8) is 0 Å². The summed E-state index contributed by atoms with van der Waals surface area (Å²) in [7, 11) is -3.31. The minimum absolute atomic E-state index is 0.0400. The average molecular weight is 367 g/mol. The Hall–Kier alpha value is -1.77. The molecule has 0 atom stereocenters. The Morgan fingerprint density at radius 2 is 2.00 bits per heavy atom. The summed E-state index contributed by atoms with van der Waals surface area (Å²) in [5.41, 5.74) is 2.87. The summed E-state index contributed by atoms with van der Waals surface area (Å²) < 4.78 is 28.7. The minimum atomic E-state index is -3.31. The van der Waals surface area contributed by atoms with E-state index in [4.69, 9.17) is 11.6 Å². The van der Waals surface area contributed by atoms with Crippen LogP contribution in [0.4, 0.5) is 0 Å². The van der Waals surface area contributed by atoms with Gasteiger partial charge in [-0.1, -0.05) is 35.5 Å². The standard InChI is InChI=1S/C14H11ClN4O2S2/c15-11-7-16-19(8-11)12-3-1-10(2-4-12)13-9-22-14-17-23(20,21)6-5-18(13)14/h1-4,7-9H,5-6H2. The number of nitrogens with zero attached hydrogens (tertiary/aromatic N) is 4. The predicted octanol–water partition coefficient (Wildman–Crippen LogP) is 2.57. The van der Waals surface area contributed by atoms with Gasteiger partial charge >= 0.3 is 0 Å². The van der Waals surface area contributed by atoms with E-state index in [0.29, 0.717) is 16.7 Å². The molecule has 0 saturated carbocycles. The predicted molar refractivity (Wildman–Crippen MR) is 92.1 cm³/mol. The summed E-state index contributed by atoms with van der Waals surface area (Å²) in [6.45, 7) is 0.427. The van der Waals surface area contributed by atoms with Gasteiger partial charge in [0.25, 0.3) is 10.0 Å². The molecular weight excluding hydrogens is 356 g/mol. The number of halogens is 1. The highest BCUT2D eigenvalue weighted by Crippen LogP contribution is 2.35. The first kappa shape index (κ1) is 14.8. The van der Waals surface area contributed by atoms with Crippen LogP contribution in [-0.4, -0.2) is 40.6 Å². The van der Waals surface area contributed by atoms with Crippen LogP contribution < -0.4 is 0 Å². The quantitative estimate of drug-likeness (QED) is 0.817. The SMILES string of the molecule is O=S1(=O)CCN2C(c3ccc(-n4cc(Cl)cn4)cc3)=CSC2=N1. The zero-order valence-corrected chi connectivity index (χ0v) is 14.1. The van der Waals surface area contributed by atoms with Crippen LogP contribution >= 0.6 is 23.4 Å². The first-order valence-corrected chi connectivity index (χ1v) is 9.66. The van der Waals surface area contributed by atoms with E-state index >= 15 is 0 Å². The molecule has 0 radical (unpaired) electrons. The van der Waals surface area contributed by atoms with Crippen molar-refractivity contribution in [2.45, 2.75) is 0 Å². The number of sulfonamides is 1. The van der Waals surface area contributed by atoms with Gasteiger partial charge in [-0.25, -0.2) is 13.1 Å². The van der Waals surface area contributed by atoms with Gasteiger partial charge in [0.1, 0.15) is 0 Å². The molecule has 2 aliphatic rings. The fraction of sp³-hybridized carbons (Fsp3) is 0.143. The zero-order chi connectivity index (χ0) is 16.0. The van der Waals surface area contributed by atoms with Crippen LogP contribution in [-0.2, 0) is 10.0 Å². The summed E-state index contributed by atoms with van der Waals surface area (Å²) in [5.74, 6) is 0.0400. The highest BCUT2D eigenvalue weighted by atomic mass is 35.5. The van der Waals surface area contributed by atoms with Crippen LogP contribution in [0.1, 0.15) is 5.56 Å². The van der Waals surface area contributed by atoms with Crippen LogP contribution in [0.3, 0.4) is 0 Å². The van der Waals surface area contributed by atoms with Gasteiger partial charge in [0, 0.05) is 18.1 Å². The molecule has 23 heavy (non-hydrogen) atoms. The fourth-order valence-electron chi connectivity index (χ4n) is 2.45. The molecule has 0 fully saturated rings. The average Bonchev–Trinajstić information content (AvgIpc) is 3.12. The molecule has 0 spiro atoms. The van der Waals surface area contributed by atoms with Gasteiger partial charge in [0.2, 0.25) is 0 Å². The van der Waals surface area contributed by atoms with Crippen molar-refractivity contribution in [2.75, 3.05) is 12.3 Å². The summed E-state index contributed by atoms with van der Waals surface area (Å²) >= 11 is 7.22. The van der Waals surface area contributed by atoms with E-state index in [1.807, 2.05) is 34.6 Å². The Kier molecular flexibility index (Phi) is 3.47. The highest BCUT2D eigenvalue weighted by molar-refractivity contribution is 8.17. The summed E-state index contributed by atoms with van der Waals surface area (Å²) in [6, 6.07) is 7.84. The Morgan fingerprint density at radius 3 is 2.70 bits per heavy atom. The molecule has 0 aliphatic carbocycles. The number of benzene rings is 1. The number of hydrogen-bond donors (Lipinski definition) is 0. The highest BCUT2D eigenvalue weighted by Gasteiger charge is 2.31. The summed E-state index contributed by atoms with van der Waals surface area (Å²) in [6.07, 6.45) is 3.32. The van der Waals surface area contributed by atoms with Crippen molar-refractivity contribution in [1.82, 2.24) is 14.7 Å². The maximum absolute atomic E-state index is 11.6. The molecular formula is C14H11ClN4O2S2. The van der Waals surface area contributed by atoms with Gasteiger partial charge in [-0.15, -0.1) is 4.40 Å². The first-order valence-electron chi connectivity index (χ1n) is 6.80. The molecule has 0 unspecified atom stereocenters. The Bertz CT molecular complexity index is 932. The molecule has 2 aliphatic heterocycles. The number of hydrogen-bond acceptors (Lipinski definition) is 5. The van der Waals surface area contributed by atoms with E-state index in [1.165, 1.54) is 11.8 Å². The lowest BCUT2D eigenvalue weighted by molar-refractivity contribution is 0.567. The van der Waals surface area contributed by atoms with E-state index in [-0.39, 0.29) is 5.75 Å². The topological polar surface area (TPSA) is 67.6 Å². The third-order valence-electron chi connectivity index (χ3n) is 3.57. The normalized spacial score (nSPS) is 19.3. The van der Waals surface area contributed by atoms with Crippen molar-refractivity contribution in [3.8, 4) is 5.69 Å². The molecule has 1 aromatic carbocycles. The van der Waals surface area contributed by atoms with Crippen molar-refractivity contribution in [2.24, 2.45) is 4.40 Å². The van der Waals surface area contributed by atoms with E-state index < -0.39 is 10.0 Å². The minimum Gasteiger partial charge on any atom is -0.318 e. The maximum Gasteiger partial charge on any atom is 0.257 e. The van der Waals surface area contributed by atoms with Crippen LogP contribution in [0.5, 0.6) is 0 Å². The molecule has 0 amide bonds.